The van der Waals surface area contributed by atoms with Crippen LogP contribution in [0.5, 0.6) is 5.75 Å². The molecule has 0 spiro atoms. The molecule has 122 valence electrons. The fourth-order valence-electron chi connectivity index (χ4n) is 2.54. The second-order valence-corrected chi connectivity index (χ2v) is 6.43. The van der Waals surface area contributed by atoms with Gasteiger partial charge in [-0.3, -0.25) is 9.69 Å². The number of nitrogens with one attached hydrogen (secondary N) is 1. The first-order valence-electron chi connectivity index (χ1n) is 7.35. The number of carbonyl (C=O) groups excluding carboxylic acids is 2. The number of benzene rings is 1. The van der Waals surface area contributed by atoms with Crippen LogP contribution in [-0.2, 0) is 10.3 Å². The van der Waals surface area contributed by atoms with Gasteiger partial charge in [0.1, 0.15) is 12.4 Å². The number of nitrogens with zero attached hydrogens (tertiary/aromatic N) is 2. The first-order valence-corrected chi connectivity index (χ1v) is 8.23. The molecule has 7 heteroatoms. The van der Waals surface area contributed by atoms with Gasteiger partial charge in [-0.05, 0) is 36.6 Å². The lowest BCUT2D eigenvalue weighted by Crippen LogP contribution is -2.40. The number of rotatable bonds is 5. The lowest BCUT2D eigenvalue weighted by molar-refractivity contribution is -0.131. The molecule has 3 amide bonds. The van der Waals surface area contributed by atoms with Gasteiger partial charge >= 0.3 is 6.03 Å². The molecule has 0 radical (unpaired) electrons. The molecule has 6 nitrogen and oxygen atoms in total. The number of amides is 3. The van der Waals surface area contributed by atoms with Crippen LogP contribution in [0.25, 0.3) is 0 Å². The van der Waals surface area contributed by atoms with Crippen LogP contribution in [0.3, 0.4) is 0 Å². The number of imide groups is 1. The zero-order valence-corrected chi connectivity index (χ0v) is 13.8. The Balaban J connectivity index is 1.64. The highest BCUT2D eigenvalue weighted by molar-refractivity contribution is 7.10. The van der Waals surface area contributed by atoms with E-state index in [9.17, 15) is 9.59 Å². The molecular weight excluding hydrogens is 326 g/mol. The highest BCUT2D eigenvalue weighted by Gasteiger charge is 2.49. The quantitative estimate of drug-likeness (QED) is 0.847. The van der Waals surface area contributed by atoms with Crippen LogP contribution in [0.1, 0.15) is 17.4 Å². The topological polar surface area (TPSA) is 82.4 Å². The molecule has 0 aliphatic carbocycles. The molecule has 3 rings (SSSR count). The van der Waals surface area contributed by atoms with Gasteiger partial charge in [0, 0.05) is 4.88 Å². The third-order valence-electron chi connectivity index (χ3n) is 3.84. The van der Waals surface area contributed by atoms with Crippen LogP contribution in [-0.4, -0.2) is 30.0 Å². The van der Waals surface area contributed by atoms with Gasteiger partial charge in [-0.1, -0.05) is 12.1 Å². The normalized spacial score (nSPS) is 19.9. The number of nitriles is 1. The molecule has 1 aliphatic heterocycles. The Labute approximate surface area is 143 Å². The van der Waals surface area contributed by atoms with Crippen LogP contribution >= 0.6 is 11.3 Å². The molecule has 0 unspecified atom stereocenters. The van der Waals surface area contributed by atoms with Gasteiger partial charge in [-0.2, -0.15) is 5.26 Å². The Hall–Kier alpha value is -2.85. The summed E-state index contributed by atoms with van der Waals surface area (Å²) in [6.45, 7) is 2.01. The van der Waals surface area contributed by atoms with Crippen molar-refractivity contribution in [2.45, 2.75) is 12.5 Å². The third-order valence-corrected chi connectivity index (χ3v) is 4.93. The van der Waals surface area contributed by atoms with Crippen molar-refractivity contribution in [3.63, 3.8) is 0 Å². The molecule has 1 aromatic carbocycles. The summed E-state index contributed by atoms with van der Waals surface area (Å²) in [5.74, 6) is 0.242. The molecule has 1 aliphatic rings. The molecule has 1 aromatic heterocycles. The van der Waals surface area contributed by atoms with E-state index in [2.05, 4.69) is 5.32 Å². The number of thiophene rings is 1. The Kier molecular flexibility index (Phi) is 4.23. The lowest BCUT2D eigenvalue weighted by atomic mass is 10.0. The van der Waals surface area contributed by atoms with Crippen LogP contribution in [0, 0.1) is 11.3 Å². The summed E-state index contributed by atoms with van der Waals surface area (Å²) in [7, 11) is 0. The minimum absolute atomic E-state index is 0.141. The number of ether oxygens (including phenoxy) is 1. The summed E-state index contributed by atoms with van der Waals surface area (Å²) >= 11 is 1.43. The Morgan fingerprint density at radius 3 is 2.88 bits per heavy atom. The maximum Gasteiger partial charge on any atom is 0.325 e. The second kappa shape index (κ2) is 6.34. The van der Waals surface area contributed by atoms with E-state index < -0.39 is 11.6 Å². The summed E-state index contributed by atoms with van der Waals surface area (Å²) in [4.78, 5) is 26.7. The summed E-state index contributed by atoms with van der Waals surface area (Å²) in [5, 5.41) is 13.5. The van der Waals surface area contributed by atoms with Gasteiger partial charge in [0.15, 0.2) is 5.54 Å². The van der Waals surface area contributed by atoms with Crippen molar-refractivity contribution in [3.8, 4) is 11.8 Å². The van der Waals surface area contributed by atoms with Crippen LogP contribution < -0.4 is 10.1 Å². The first kappa shape index (κ1) is 16.0. The molecular formula is C17H15N3O3S. The fraction of sp³-hybridized carbons (Fsp3) is 0.235. The third kappa shape index (κ3) is 2.84. The van der Waals surface area contributed by atoms with E-state index in [1.807, 2.05) is 23.6 Å². The zero-order chi connectivity index (χ0) is 17.2. The van der Waals surface area contributed by atoms with Crippen molar-refractivity contribution < 1.29 is 14.3 Å². The van der Waals surface area contributed by atoms with E-state index in [0.717, 1.165) is 9.78 Å². The van der Waals surface area contributed by atoms with Crippen molar-refractivity contribution in [1.82, 2.24) is 10.2 Å². The Bertz CT molecular complexity index is 813. The lowest BCUT2D eigenvalue weighted by Gasteiger charge is -2.20. The largest absolute Gasteiger partial charge is 0.492 e. The van der Waals surface area contributed by atoms with E-state index in [1.165, 1.54) is 11.3 Å². The second-order valence-electron chi connectivity index (χ2n) is 5.48. The smallest absolute Gasteiger partial charge is 0.325 e. The standard InChI is InChI=1S/C17H15N3O3S/c1-17(14-6-3-9-24-14)15(21)20(16(22)19-17)7-8-23-13-5-2-4-12(10-13)11-18/h2-6,9-10H,7-8H2,1H3,(H,19,22)/t17-/m1/s1. The molecule has 0 bridgehead atoms. The van der Waals surface area contributed by atoms with Gasteiger partial charge in [0.25, 0.3) is 5.91 Å². The van der Waals surface area contributed by atoms with Gasteiger partial charge in [-0.25, -0.2) is 4.79 Å². The Morgan fingerprint density at radius 2 is 2.17 bits per heavy atom. The predicted molar refractivity (Wildman–Crippen MR) is 88.6 cm³/mol. The number of hydrogen-bond acceptors (Lipinski definition) is 5. The molecule has 0 saturated carbocycles. The van der Waals surface area contributed by atoms with Crippen LogP contribution in [0.15, 0.2) is 41.8 Å². The summed E-state index contributed by atoms with van der Waals surface area (Å²) in [5.41, 5.74) is -0.529. The minimum atomic E-state index is -1.02. The summed E-state index contributed by atoms with van der Waals surface area (Å²) in [6, 6.07) is 12.0. The predicted octanol–water partition coefficient (Wildman–Crippen LogP) is 2.47. The highest BCUT2D eigenvalue weighted by atomic mass is 32.1. The van der Waals surface area contributed by atoms with E-state index in [-0.39, 0.29) is 19.1 Å². The summed E-state index contributed by atoms with van der Waals surface area (Å²) in [6.07, 6.45) is 0. The van der Waals surface area contributed by atoms with Crippen molar-refractivity contribution >= 4 is 23.3 Å². The highest BCUT2D eigenvalue weighted by Crippen LogP contribution is 2.31. The number of carbonyl (C=O) groups is 2. The molecule has 1 fully saturated rings. The monoisotopic (exact) mass is 341 g/mol. The van der Waals surface area contributed by atoms with Crippen LogP contribution in [0.2, 0.25) is 0 Å². The van der Waals surface area contributed by atoms with Crippen LogP contribution in [0.4, 0.5) is 4.79 Å². The van der Waals surface area contributed by atoms with E-state index in [4.69, 9.17) is 10.00 Å². The Morgan fingerprint density at radius 1 is 1.33 bits per heavy atom. The van der Waals surface area contributed by atoms with Crippen molar-refractivity contribution in [2.75, 3.05) is 13.2 Å². The average molecular weight is 341 g/mol. The van der Waals surface area contributed by atoms with Gasteiger partial charge in [0.2, 0.25) is 0 Å². The van der Waals surface area contributed by atoms with Crippen molar-refractivity contribution in [3.05, 3.63) is 52.2 Å². The average Bonchev–Trinajstić information content (AvgIpc) is 3.19. The van der Waals surface area contributed by atoms with E-state index >= 15 is 0 Å². The zero-order valence-electron chi connectivity index (χ0n) is 13.0. The van der Waals surface area contributed by atoms with Gasteiger partial charge < -0.3 is 10.1 Å². The molecule has 2 aromatic rings. The van der Waals surface area contributed by atoms with Crippen molar-refractivity contribution in [1.29, 1.82) is 5.26 Å². The van der Waals surface area contributed by atoms with E-state index in [0.29, 0.717) is 11.3 Å². The molecule has 1 saturated heterocycles. The van der Waals surface area contributed by atoms with Crippen molar-refractivity contribution in [2.24, 2.45) is 0 Å². The fourth-order valence-corrected chi connectivity index (χ4v) is 3.38. The molecule has 24 heavy (non-hydrogen) atoms. The SMILES string of the molecule is C[C@]1(c2cccs2)NC(=O)N(CCOc2cccc(C#N)c2)C1=O. The van der Waals surface area contributed by atoms with Gasteiger partial charge in [0.05, 0.1) is 18.2 Å². The number of hydrogen-bond donors (Lipinski definition) is 1. The van der Waals surface area contributed by atoms with Gasteiger partial charge in [-0.15, -0.1) is 11.3 Å². The summed E-state index contributed by atoms with van der Waals surface area (Å²) < 4.78 is 5.54. The molecule has 1 atom stereocenters. The maximum atomic E-state index is 12.6. The molecule has 2 heterocycles. The van der Waals surface area contributed by atoms with E-state index in [1.54, 1.807) is 31.2 Å². The molecule has 1 N–H and O–H groups in total. The first-order chi connectivity index (χ1) is 11.5. The number of urea groups is 1. The minimum Gasteiger partial charge on any atom is -0.492 e. The maximum absolute atomic E-state index is 12.6.